The Labute approximate surface area is 301 Å². The SMILES string of the molecule is CO[Si]O[Si](OC)(OC)O[Si](O)(CC[Si](C)(C)O[Si](O)(OSC)O[Si](C)(C)CCCc1cc(C)cc(-n2nc3ccccc3n2)c1O)OC. The number of hydrogen-bond acceptors (Lipinski definition) is 15. The molecule has 2 aromatic carbocycles. The Kier molecular flexibility index (Phi) is 15.6. The van der Waals surface area contributed by atoms with E-state index in [-0.39, 0.29) is 11.8 Å². The number of aromatic hydroxyl groups is 1. The zero-order valence-electron chi connectivity index (χ0n) is 29.8. The van der Waals surface area contributed by atoms with Crippen molar-refractivity contribution >= 4 is 76.6 Å². The van der Waals surface area contributed by atoms with Crippen LogP contribution in [-0.2, 0) is 44.5 Å². The number of hydrogen-bond donors (Lipinski definition) is 3. The van der Waals surface area contributed by atoms with E-state index < -0.39 is 53.5 Å². The topological polar surface area (TPSA) is 174 Å². The molecule has 0 saturated carbocycles. The first kappa shape index (κ1) is 42.3. The molecule has 0 spiro atoms. The van der Waals surface area contributed by atoms with Crippen molar-refractivity contribution in [3.63, 3.8) is 0 Å². The van der Waals surface area contributed by atoms with Gasteiger partial charge in [-0.2, -0.15) is 0 Å². The number of phenols is 1. The van der Waals surface area contributed by atoms with E-state index in [1.54, 1.807) is 6.26 Å². The van der Waals surface area contributed by atoms with Gasteiger partial charge in [0.25, 0.3) is 0 Å². The fourth-order valence-electron chi connectivity index (χ4n) is 5.02. The summed E-state index contributed by atoms with van der Waals surface area (Å²) < 4.78 is 51.0. The van der Waals surface area contributed by atoms with Crippen LogP contribution in [0.4, 0.5) is 0 Å². The summed E-state index contributed by atoms with van der Waals surface area (Å²) in [6, 6.07) is 12.4. The van der Waals surface area contributed by atoms with Crippen LogP contribution < -0.4 is 0 Å². The molecule has 1 aromatic heterocycles. The molecule has 22 heteroatoms. The average Bonchev–Trinajstić information content (AvgIpc) is 3.47. The Morgan fingerprint density at radius 2 is 1.43 bits per heavy atom. The van der Waals surface area contributed by atoms with Gasteiger partial charge < -0.3 is 48.9 Å². The normalized spacial score (nSPS) is 15.4. The van der Waals surface area contributed by atoms with E-state index in [2.05, 4.69) is 10.2 Å². The van der Waals surface area contributed by atoms with E-state index in [1.807, 2.05) is 69.5 Å². The second kappa shape index (κ2) is 18.1. The molecule has 3 rings (SSSR count). The van der Waals surface area contributed by atoms with Gasteiger partial charge in [-0.05, 0) is 99.4 Å². The quantitative estimate of drug-likeness (QED) is 0.0979. The van der Waals surface area contributed by atoms with E-state index in [4.69, 9.17) is 38.0 Å². The highest BCUT2D eigenvalue weighted by molar-refractivity contribution is 7.94. The molecule has 1 heterocycles. The zero-order chi connectivity index (χ0) is 36.5. The van der Waals surface area contributed by atoms with Gasteiger partial charge in [-0.15, -0.1) is 15.0 Å². The molecular weight excluding hydrogens is 759 g/mol. The fraction of sp³-hybridized carbons (Fsp3) is 0.556. The van der Waals surface area contributed by atoms with Crippen LogP contribution in [-0.4, -0.2) is 118 Å². The first-order chi connectivity index (χ1) is 23.0. The van der Waals surface area contributed by atoms with Crippen molar-refractivity contribution in [2.45, 2.75) is 64.1 Å². The van der Waals surface area contributed by atoms with Crippen LogP contribution in [0.15, 0.2) is 36.4 Å². The summed E-state index contributed by atoms with van der Waals surface area (Å²) in [7, 11) is -12.0. The minimum Gasteiger partial charge on any atom is -0.505 e. The molecule has 0 aliphatic rings. The number of aromatic nitrogens is 3. The van der Waals surface area contributed by atoms with Gasteiger partial charge in [0.2, 0.25) is 0 Å². The Bertz CT molecular complexity index is 1470. The number of benzene rings is 2. The highest BCUT2D eigenvalue weighted by Gasteiger charge is 2.56. The molecule has 2 atom stereocenters. The predicted molar refractivity (Wildman–Crippen MR) is 197 cm³/mol. The maximum atomic E-state index is 11.6. The number of phenolic OH excluding ortho intramolecular Hbond substituents is 1. The Balaban J connectivity index is 1.66. The molecule has 0 bridgehead atoms. The maximum Gasteiger partial charge on any atom is 0.667 e. The molecule has 3 aromatic rings. The van der Waals surface area contributed by atoms with Crippen LogP contribution >= 0.6 is 12.0 Å². The number of fused-ring (bicyclic) bond motifs is 1. The largest absolute Gasteiger partial charge is 0.667 e. The predicted octanol–water partition coefficient (Wildman–Crippen LogP) is 4.05. The molecule has 0 saturated heterocycles. The van der Waals surface area contributed by atoms with Crippen LogP contribution in [0.1, 0.15) is 17.5 Å². The number of nitrogens with zero attached hydrogens (tertiary/aromatic N) is 3. The zero-order valence-corrected chi connectivity index (χ0v) is 36.6. The minimum absolute atomic E-state index is 0.0836. The summed E-state index contributed by atoms with van der Waals surface area (Å²) in [4.78, 5) is 24.4. The van der Waals surface area contributed by atoms with Crippen LogP contribution in [0.2, 0.25) is 44.3 Å². The third-order valence-electron chi connectivity index (χ3n) is 7.44. The first-order valence-corrected chi connectivity index (χ1v) is 29.0. The van der Waals surface area contributed by atoms with Crippen molar-refractivity contribution in [1.29, 1.82) is 0 Å². The minimum atomic E-state index is -4.14. The van der Waals surface area contributed by atoms with Crippen molar-refractivity contribution in [2.24, 2.45) is 0 Å². The monoisotopic (exact) mass is 807 g/mol. The van der Waals surface area contributed by atoms with Gasteiger partial charge in [0.1, 0.15) is 22.5 Å². The van der Waals surface area contributed by atoms with Crippen LogP contribution in [0.5, 0.6) is 5.75 Å². The lowest BCUT2D eigenvalue weighted by molar-refractivity contribution is 0.0402. The summed E-state index contributed by atoms with van der Waals surface area (Å²) >= 11 is 0.978. The first-order valence-electron chi connectivity index (χ1n) is 15.5. The number of rotatable bonds is 22. The lowest BCUT2D eigenvalue weighted by atomic mass is 10.0. The molecule has 2 unspecified atom stereocenters. The Morgan fingerprint density at radius 3 is 1.96 bits per heavy atom. The van der Waals surface area contributed by atoms with Crippen molar-refractivity contribution in [3.8, 4) is 11.4 Å². The molecule has 3 N–H and O–H groups in total. The Hall–Kier alpha value is -1.15. The summed E-state index contributed by atoms with van der Waals surface area (Å²) in [5.41, 5.74) is 3.75. The molecule has 0 amide bonds. The Morgan fingerprint density at radius 1 is 0.837 bits per heavy atom. The molecule has 0 fully saturated rings. The van der Waals surface area contributed by atoms with E-state index in [0.29, 0.717) is 30.6 Å². The molecule has 0 aliphatic heterocycles. The second-order valence-electron chi connectivity index (χ2n) is 12.4. The van der Waals surface area contributed by atoms with Crippen LogP contribution in [0.3, 0.4) is 0 Å². The van der Waals surface area contributed by atoms with E-state index in [1.165, 1.54) is 33.2 Å². The number of aryl methyl sites for hydroxylation is 2. The summed E-state index contributed by atoms with van der Waals surface area (Å²) in [5.74, 6) is 0.129. The second-order valence-corrected chi connectivity index (χ2v) is 30.5. The molecular formula is C27H49N3O12SSi6. The summed E-state index contributed by atoms with van der Waals surface area (Å²) in [6.07, 6.45) is 2.96. The smallest absolute Gasteiger partial charge is 0.505 e. The molecule has 15 nitrogen and oxygen atoms in total. The lowest BCUT2D eigenvalue weighted by Gasteiger charge is -2.37. The van der Waals surface area contributed by atoms with Crippen molar-refractivity contribution in [3.05, 3.63) is 47.5 Å². The standard InChI is InChI=1S/C27H49N3O12SSi6/c1-22-20-23(27(31)26(21-22)30-28-24-15-11-12-16-25(24)29-30)14-13-17-45(7,8)40-48(33,38-43-6)41-46(9,10)18-19-47(32,35-3)42-49(36-4,37-5)39-44-34-2/h11-12,15-16,20-21,31-33H,13-14,17-19H2,1-10H3. The van der Waals surface area contributed by atoms with Gasteiger partial charge in [-0.3, -0.25) is 3.87 Å². The van der Waals surface area contributed by atoms with E-state index in [9.17, 15) is 14.7 Å². The molecule has 0 aliphatic carbocycles. The van der Waals surface area contributed by atoms with Crippen molar-refractivity contribution in [2.75, 3.05) is 34.7 Å². The van der Waals surface area contributed by atoms with Gasteiger partial charge in [0, 0.05) is 40.7 Å². The van der Waals surface area contributed by atoms with Crippen LogP contribution in [0.25, 0.3) is 16.7 Å². The van der Waals surface area contributed by atoms with Gasteiger partial charge >= 0.3 is 36.9 Å². The van der Waals surface area contributed by atoms with Crippen LogP contribution in [0, 0.1) is 6.92 Å². The van der Waals surface area contributed by atoms with E-state index in [0.717, 1.165) is 34.2 Å². The summed E-state index contributed by atoms with van der Waals surface area (Å²) in [5, 5.41) is 20.3. The molecule has 49 heavy (non-hydrogen) atoms. The average molecular weight is 808 g/mol. The lowest BCUT2D eigenvalue weighted by Crippen LogP contribution is -2.60. The molecule has 274 valence electrons. The fourth-order valence-corrected chi connectivity index (χ4v) is 23.7. The third-order valence-corrected chi connectivity index (χ3v) is 25.2. The maximum absolute atomic E-state index is 11.6. The van der Waals surface area contributed by atoms with Crippen molar-refractivity contribution < 1.29 is 52.7 Å². The molecule has 2 radical (unpaired) electrons. The van der Waals surface area contributed by atoms with Gasteiger partial charge in [0.05, 0.1) is 0 Å². The van der Waals surface area contributed by atoms with E-state index >= 15 is 0 Å². The highest BCUT2D eigenvalue weighted by atomic mass is 32.2. The van der Waals surface area contributed by atoms with Gasteiger partial charge in [-0.25, -0.2) is 0 Å². The van der Waals surface area contributed by atoms with Gasteiger partial charge in [0.15, 0.2) is 16.6 Å². The third kappa shape index (κ3) is 12.2. The summed E-state index contributed by atoms with van der Waals surface area (Å²) in [6.45, 7) is 9.76. The highest BCUT2D eigenvalue weighted by Crippen LogP contribution is 2.33. The van der Waals surface area contributed by atoms with Crippen molar-refractivity contribution in [1.82, 2.24) is 15.0 Å². The van der Waals surface area contributed by atoms with Gasteiger partial charge in [-0.1, -0.05) is 18.2 Å².